The molecule has 0 fully saturated rings. The van der Waals surface area contributed by atoms with Gasteiger partial charge in [-0.3, -0.25) is 9.52 Å². The number of ether oxygens (including phenoxy) is 1. The predicted octanol–water partition coefficient (Wildman–Crippen LogP) is 5.21. The fourth-order valence-electron chi connectivity index (χ4n) is 3.24. The van der Waals surface area contributed by atoms with E-state index in [0.29, 0.717) is 30.8 Å². The zero-order chi connectivity index (χ0) is 23.1. The first kappa shape index (κ1) is 23.3. The van der Waals surface area contributed by atoms with Crippen molar-refractivity contribution in [3.05, 3.63) is 83.4 Å². The van der Waals surface area contributed by atoms with Gasteiger partial charge in [0.15, 0.2) is 0 Å². The highest BCUT2D eigenvalue weighted by Gasteiger charge is 2.16. The van der Waals surface area contributed by atoms with Gasteiger partial charge < -0.3 is 10.1 Å². The van der Waals surface area contributed by atoms with Crippen LogP contribution in [0.2, 0.25) is 0 Å². The molecular weight excluding hydrogens is 424 g/mol. The van der Waals surface area contributed by atoms with Crippen LogP contribution in [0.15, 0.2) is 71.6 Å². The van der Waals surface area contributed by atoms with Crippen molar-refractivity contribution < 1.29 is 17.9 Å². The number of hydrogen-bond donors (Lipinski definition) is 2. The van der Waals surface area contributed by atoms with Crippen molar-refractivity contribution in [3.63, 3.8) is 0 Å². The van der Waals surface area contributed by atoms with Crippen LogP contribution in [0, 0.1) is 20.8 Å². The second kappa shape index (κ2) is 10.3. The maximum atomic E-state index is 12.7. The van der Waals surface area contributed by atoms with E-state index in [1.54, 1.807) is 12.1 Å². The lowest BCUT2D eigenvalue weighted by molar-refractivity contribution is -0.116. The molecule has 3 aromatic carbocycles. The molecule has 3 aromatic rings. The highest BCUT2D eigenvalue weighted by molar-refractivity contribution is 7.92. The third-order valence-corrected chi connectivity index (χ3v) is 6.43. The van der Waals surface area contributed by atoms with Crippen LogP contribution in [0.25, 0.3) is 0 Å². The minimum Gasteiger partial charge on any atom is -0.493 e. The first-order chi connectivity index (χ1) is 15.3. The molecule has 168 valence electrons. The molecule has 0 radical (unpaired) electrons. The number of para-hydroxylation sites is 2. The molecule has 7 heteroatoms. The molecule has 2 N–H and O–H groups in total. The van der Waals surface area contributed by atoms with Gasteiger partial charge in [0, 0.05) is 12.1 Å². The Kier molecular flexibility index (Phi) is 7.53. The average Bonchev–Trinajstić information content (AvgIpc) is 2.75. The molecule has 0 heterocycles. The minimum absolute atomic E-state index is 0.129. The molecule has 0 atom stereocenters. The first-order valence-corrected chi connectivity index (χ1v) is 11.9. The molecule has 6 nitrogen and oxygen atoms in total. The Morgan fingerprint density at radius 2 is 1.47 bits per heavy atom. The molecule has 3 rings (SSSR count). The summed E-state index contributed by atoms with van der Waals surface area (Å²) >= 11 is 0. The lowest BCUT2D eigenvalue weighted by Crippen LogP contribution is -2.15. The molecule has 0 saturated heterocycles. The number of nitrogens with one attached hydrogen (secondary N) is 2. The predicted molar refractivity (Wildman–Crippen MR) is 128 cm³/mol. The van der Waals surface area contributed by atoms with Gasteiger partial charge in [-0.05, 0) is 74.2 Å². The fraction of sp³-hybridized carbons (Fsp3) is 0.240. The number of carbonyl (C=O) groups is 1. The number of anilines is 2. The summed E-state index contributed by atoms with van der Waals surface area (Å²) in [7, 11) is -3.73. The van der Waals surface area contributed by atoms with Crippen LogP contribution in [0.5, 0.6) is 5.75 Å². The van der Waals surface area contributed by atoms with Crippen LogP contribution in [-0.2, 0) is 14.8 Å². The normalized spacial score (nSPS) is 11.1. The van der Waals surface area contributed by atoms with Gasteiger partial charge in [-0.25, -0.2) is 8.42 Å². The monoisotopic (exact) mass is 452 g/mol. The summed E-state index contributed by atoms with van der Waals surface area (Å²) in [6.45, 7) is 6.13. The van der Waals surface area contributed by atoms with Crippen molar-refractivity contribution in [1.82, 2.24) is 0 Å². The van der Waals surface area contributed by atoms with Gasteiger partial charge >= 0.3 is 0 Å². The van der Waals surface area contributed by atoms with Gasteiger partial charge in [0.1, 0.15) is 5.75 Å². The Bertz CT molecular complexity index is 1170. The van der Waals surface area contributed by atoms with E-state index >= 15 is 0 Å². The Labute approximate surface area is 189 Å². The molecule has 0 aliphatic rings. The summed E-state index contributed by atoms with van der Waals surface area (Å²) in [6, 6.07) is 19.5. The van der Waals surface area contributed by atoms with E-state index in [0.717, 1.165) is 22.4 Å². The molecule has 0 aliphatic carbocycles. The lowest BCUT2D eigenvalue weighted by Gasteiger charge is -2.13. The minimum atomic E-state index is -3.73. The second-order valence-electron chi connectivity index (χ2n) is 7.66. The van der Waals surface area contributed by atoms with Gasteiger partial charge in [0.25, 0.3) is 10.0 Å². The molecule has 0 saturated carbocycles. The van der Waals surface area contributed by atoms with Crippen molar-refractivity contribution in [2.45, 2.75) is 38.5 Å². The van der Waals surface area contributed by atoms with Crippen molar-refractivity contribution >= 4 is 27.3 Å². The van der Waals surface area contributed by atoms with Crippen LogP contribution >= 0.6 is 0 Å². The van der Waals surface area contributed by atoms with Crippen LogP contribution in [0.4, 0.5) is 11.4 Å². The van der Waals surface area contributed by atoms with E-state index in [9.17, 15) is 13.2 Å². The highest BCUT2D eigenvalue weighted by Crippen LogP contribution is 2.24. The van der Waals surface area contributed by atoms with Crippen molar-refractivity contribution in [2.24, 2.45) is 0 Å². The Morgan fingerprint density at radius 1 is 0.844 bits per heavy atom. The molecule has 0 spiro atoms. The largest absolute Gasteiger partial charge is 0.493 e. The van der Waals surface area contributed by atoms with Crippen molar-refractivity contribution in [1.29, 1.82) is 0 Å². The summed E-state index contributed by atoms with van der Waals surface area (Å²) in [5.41, 5.74) is 3.88. The standard InChI is InChI=1S/C25H28N2O4S/c1-18-8-4-5-11-23(18)31-17-7-12-24(28)26-21-13-15-22(16-14-21)32(29,30)27-25-19(2)9-6-10-20(25)3/h4-6,8-11,13-16,27H,7,12,17H2,1-3H3,(H,26,28). The van der Waals surface area contributed by atoms with E-state index in [1.165, 1.54) is 12.1 Å². The van der Waals surface area contributed by atoms with Crippen molar-refractivity contribution in [2.75, 3.05) is 16.6 Å². The first-order valence-electron chi connectivity index (χ1n) is 10.4. The number of benzene rings is 3. The average molecular weight is 453 g/mol. The summed E-state index contributed by atoms with van der Waals surface area (Å²) in [5, 5.41) is 2.79. The second-order valence-corrected chi connectivity index (χ2v) is 9.34. The molecule has 0 aromatic heterocycles. The van der Waals surface area contributed by atoms with Crippen LogP contribution in [0.3, 0.4) is 0 Å². The van der Waals surface area contributed by atoms with E-state index in [-0.39, 0.29) is 10.8 Å². The Hall–Kier alpha value is -3.32. The van der Waals surface area contributed by atoms with Gasteiger partial charge in [0.2, 0.25) is 5.91 Å². The molecule has 0 bridgehead atoms. The van der Waals surface area contributed by atoms with E-state index < -0.39 is 10.0 Å². The maximum Gasteiger partial charge on any atom is 0.261 e. The molecule has 0 unspecified atom stereocenters. The molecule has 0 aliphatic heterocycles. The topological polar surface area (TPSA) is 84.5 Å². The molecular formula is C25H28N2O4S. The van der Waals surface area contributed by atoms with Gasteiger partial charge in [0.05, 0.1) is 17.2 Å². The molecule has 32 heavy (non-hydrogen) atoms. The summed E-state index contributed by atoms with van der Waals surface area (Å²) in [5.74, 6) is 0.668. The third-order valence-electron chi connectivity index (χ3n) is 5.07. The smallest absolute Gasteiger partial charge is 0.261 e. The van der Waals surface area contributed by atoms with Gasteiger partial charge in [-0.2, -0.15) is 0 Å². The van der Waals surface area contributed by atoms with Gasteiger partial charge in [-0.1, -0.05) is 36.4 Å². The van der Waals surface area contributed by atoms with Gasteiger partial charge in [-0.15, -0.1) is 0 Å². The Morgan fingerprint density at radius 3 is 2.12 bits per heavy atom. The zero-order valence-electron chi connectivity index (χ0n) is 18.5. The number of hydrogen-bond acceptors (Lipinski definition) is 4. The zero-order valence-corrected chi connectivity index (χ0v) is 19.3. The number of aryl methyl sites for hydroxylation is 3. The SMILES string of the molecule is Cc1ccccc1OCCCC(=O)Nc1ccc(S(=O)(=O)Nc2c(C)cccc2C)cc1. The molecule has 1 amide bonds. The van der Waals surface area contributed by atoms with Crippen LogP contribution < -0.4 is 14.8 Å². The fourth-order valence-corrected chi connectivity index (χ4v) is 4.45. The third kappa shape index (κ3) is 6.11. The maximum absolute atomic E-state index is 12.7. The summed E-state index contributed by atoms with van der Waals surface area (Å²) in [6.07, 6.45) is 0.881. The lowest BCUT2D eigenvalue weighted by atomic mass is 10.1. The highest BCUT2D eigenvalue weighted by atomic mass is 32.2. The Balaban J connectivity index is 1.52. The van der Waals surface area contributed by atoms with Crippen LogP contribution in [0.1, 0.15) is 29.5 Å². The van der Waals surface area contributed by atoms with E-state index in [4.69, 9.17) is 4.74 Å². The number of amides is 1. The summed E-state index contributed by atoms with van der Waals surface area (Å²) in [4.78, 5) is 12.3. The number of rotatable bonds is 9. The quantitative estimate of drug-likeness (QED) is 0.437. The van der Waals surface area contributed by atoms with Crippen LogP contribution in [-0.4, -0.2) is 20.9 Å². The number of carbonyl (C=O) groups excluding carboxylic acids is 1. The number of sulfonamides is 1. The van der Waals surface area contributed by atoms with E-state index in [2.05, 4.69) is 10.0 Å². The van der Waals surface area contributed by atoms with E-state index in [1.807, 2.05) is 63.2 Å². The van der Waals surface area contributed by atoms with Crippen molar-refractivity contribution in [3.8, 4) is 5.75 Å². The summed E-state index contributed by atoms with van der Waals surface area (Å²) < 4.78 is 33.8.